The van der Waals surface area contributed by atoms with Crippen LogP contribution in [-0.4, -0.2) is 53.3 Å². The summed E-state index contributed by atoms with van der Waals surface area (Å²) in [6.07, 6.45) is -1.70. The highest BCUT2D eigenvalue weighted by molar-refractivity contribution is 5.83. The van der Waals surface area contributed by atoms with Gasteiger partial charge in [-0.05, 0) is 48.9 Å². The van der Waals surface area contributed by atoms with E-state index in [2.05, 4.69) is 30.4 Å². The molecular weight excluding hydrogens is 403 g/mol. The second kappa shape index (κ2) is 10.3. The lowest BCUT2D eigenvalue weighted by Crippen LogP contribution is -2.50. The fourth-order valence-corrected chi connectivity index (χ4v) is 3.34. The number of nitrogens with one attached hydrogen (secondary N) is 1. The van der Waals surface area contributed by atoms with Gasteiger partial charge in [0.15, 0.2) is 0 Å². The number of benzene rings is 1. The average molecular weight is 427 g/mol. The molecule has 2 aliphatic heterocycles. The topological polar surface area (TPSA) is 103 Å². The lowest BCUT2D eigenvalue weighted by Gasteiger charge is -2.30. The fraction of sp³-hybridized carbons (Fsp3) is 0.550. The lowest BCUT2D eigenvalue weighted by molar-refractivity contribution is -0.192. The summed E-state index contributed by atoms with van der Waals surface area (Å²) in [6, 6.07) is 7.87. The van der Waals surface area contributed by atoms with E-state index in [0.29, 0.717) is 19.5 Å². The Bertz CT molecular complexity index is 807. The van der Waals surface area contributed by atoms with Gasteiger partial charge in [0.05, 0.1) is 18.7 Å². The molecule has 1 aromatic rings. The zero-order chi connectivity index (χ0) is 22.3. The molecule has 0 spiro atoms. The number of fused-ring (bicyclic) bond motifs is 1. The second-order valence-electron chi connectivity index (χ2n) is 7.04. The first-order valence-electron chi connectivity index (χ1n) is 9.65. The molecule has 1 amide bonds. The number of alkyl halides is 3. The monoisotopic (exact) mass is 427 g/mol. The van der Waals surface area contributed by atoms with Gasteiger partial charge >= 0.3 is 12.1 Å². The van der Waals surface area contributed by atoms with Crippen LogP contribution in [0.5, 0.6) is 5.75 Å². The average Bonchev–Trinajstić information content (AvgIpc) is 3.19. The molecule has 1 fully saturated rings. The van der Waals surface area contributed by atoms with Crippen LogP contribution < -0.4 is 10.1 Å². The van der Waals surface area contributed by atoms with Crippen molar-refractivity contribution in [2.45, 2.75) is 57.4 Å². The van der Waals surface area contributed by atoms with Gasteiger partial charge in [-0.25, -0.2) is 4.79 Å². The number of carboxylic acid groups (broad SMARTS) is 1. The number of carboxylic acids is 1. The Hall–Kier alpha value is -2.80. The minimum Gasteiger partial charge on any atom is -0.494 e. The van der Waals surface area contributed by atoms with E-state index in [9.17, 15) is 18.0 Å². The van der Waals surface area contributed by atoms with E-state index in [1.165, 1.54) is 11.1 Å². The van der Waals surface area contributed by atoms with Crippen LogP contribution in [0.25, 0.3) is 0 Å². The third-order valence-electron chi connectivity index (χ3n) is 4.84. The summed E-state index contributed by atoms with van der Waals surface area (Å²) < 4.78 is 37.4. The van der Waals surface area contributed by atoms with Crippen molar-refractivity contribution in [2.75, 3.05) is 13.2 Å². The summed E-state index contributed by atoms with van der Waals surface area (Å²) in [7, 11) is 0. The maximum absolute atomic E-state index is 12.7. The number of hydrogen-bond acceptors (Lipinski definition) is 5. The first kappa shape index (κ1) is 23.5. The number of nitriles is 1. The number of nitrogens with zero attached hydrogens (tertiary/aromatic N) is 2. The standard InChI is InChI=1S/C18H23N3O2.C2HF3O2/c1-2-8-23-16-6-5-13-10-17(20-12-14(13)9-16)18(22)21-7-3-4-15(21)11-19;3-2(4,5)1(6)7/h5-6,9,15,17,20H,2-4,7-8,10,12H2,1H3;(H,6,7)/t15-,17-;/m0./s1. The molecular formula is C20H24F3N3O4. The third-order valence-corrected chi connectivity index (χ3v) is 4.84. The summed E-state index contributed by atoms with van der Waals surface area (Å²) in [5.41, 5.74) is 2.39. The van der Waals surface area contributed by atoms with Crippen LogP contribution in [0.2, 0.25) is 0 Å². The van der Waals surface area contributed by atoms with Crippen molar-refractivity contribution < 1.29 is 32.6 Å². The smallest absolute Gasteiger partial charge is 0.490 e. The molecule has 0 aliphatic carbocycles. The van der Waals surface area contributed by atoms with Gasteiger partial charge in [0.25, 0.3) is 0 Å². The minimum absolute atomic E-state index is 0.0611. The number of carbonyl (C=O) groups is 2. The Balaban J connectivity index is 0.000000396. The Kier molecular flexibility index (Phi) is 8.06. The number of rotatable bonds is 4. The van der Waals surface area contributed by atoms with E-state index in [1.807, 2.05) is 6.07 Å². The predicted octanol–water partition coefficient (Wildman–Crippen LogP) is 2.64. The molecule has 2 aliphatic rings. The van der Waals surface area contributed by atoms with Crippen molar-refractivity contribution >= 4 is 11.9 Å². The summed E-state index contributed by atoms with van der Waals surface area (Å²) in [5, 5.41) is 19.6. The number of hydrogen-bond donors (Lipinski definition) is 2. The van der Waals surface area contributed by atoms with Crippen LogP contribution in [-0.2, 0) is 22.6 Å². The highest BCUT2D eigenvalue weighted by Gasteiger charge is 2.38. The molecule has 1 saturated heterocycles. The van der Waals surface area contributed by atoms with Crippen LogP contribution in [0.1, 0.15) is 37.3 Å². The molecule has 30 heavy (non-hydrogen) atoms. The van der Waals surface area contributed by atoms with Gasteiger partial charge in [-0.2, -0.15) is 18.4 Å². The van der Waals surface area contributed by atoms with Crippen molar-refractivity contribution in [1.82, 2.24) is 10.2 Å². The van der Waals surface area contributed by atoms with Crippen molar-refractivity contribution in [3.05, 3.63) is 29.3 Å². The maximum Gasteiger partial charge on any atom is 0.490 e. The quantitative estimate of drug-likeness (QED) is 0.766. The van der Waals surface area contributed by atoms with Crippen LogP contribution in [0.3, 0.4) is 0 Å². The number of aliphatic carboxylic acids is 1. The van der Waals surface area contributed by atoms with Crippen LogP contribution in [0.15, 0.2) is 18.2 Å². The maximum atomic E-state index is 12.7. The van der Waals surface area contributed by atoms with Gasteiger partial charge in [0.2, 0.25) is 5.91 Å². The Morgan fingerprint density at radius 2 is 2.07 bits per heavy atom. The predicted molar refractivity (Wildman–Crippen MR) is 101 cm³/mol. The molecule has 0 aromatic heterocycles. The van der Waals surface area contributed by atoms with Crippen molar-refractivity contribution in [1.29, 1.82) is 5.26 Å². The van der Waals surface area contributed by atoms with Gasteiger partial charge in [0.1, 0.15) is 11.8 Å². The Labute approximate surface area is 172 Å². The fourth-order valence-electron chi connectivity index (χ4n) is 3.34. The highest BCUT2D eigenvalue weighted by atomic mass is 19.4. The molecule has 0 radical (unpaired) electrons. The molecule has 0 unspecified atom stereocenters. The molecule has 10 heteroatoms. The van der Waals surface area contributed by atoms with Crippen molar-refractivity contribution in [2.24, 2.45) is 0 Å². The summed E-state index contributed by atoms with van der Waals surface area (Å²) in [5.74, 6) is -1.81. The molecule has 0 bridgehead atoms. The molecule has 2 heterocycles. The zero-order valence-electron chi connectivity index (χ0n) is 16.5. The molecule has 3 rings (SSSR count). The molecule has 0 saturated carbocycles. The molecule has 2 N–H and O–H groups in total. The summed E-state index contributed by atoms with van der Waals surface area (Å²) in [4.78, 5) is 23.3. The van der Waals surface area contributed by atoms with E-state index < -0.39 is 12.1 Å². The van der Waals surface area contributed by atoms with E-state index in [-0.39, 0.29) is 18.0 Å². The van der Waals surface area contributed by atoms with E-state index in [0.717, 1.165) is 31.6 Å². The van der Waals surface area contributed by atoms with Gasteiger partial charge in [-0.15, -0.1) is 0 Å². The molecule has 7 nitrogen and oxygen atoms in total. The highest BCUT2D eigenvalue weighted by Crippen LogP contribution is 2.25. The zero-order valence-corrected chi connectivity index (χ0v) is 16.5. The summed E-state index contributed by atoms with van der Waals surface area (Å²) >= 11 is 0. The molecule has 1 aromatic carbocycles. The lowest BCUT2D eigenvalue weighted by atomic mass is 9.94. The first-order valence-corrected chi connectivity index (χ1v) is 9.65. The largest absolute Gasteiger partial charge is 0.494 e. The summed E-state index contributed by atoms with van der Waals surface area (Å²) in [6.45, 7) is 4.17. The minimum atomic E-state index is -5.08. The third kappa shape index (κ3) is 6.10. The number of likely N-dealkylation sites (tertiary alicyclic amines) is 1. The van der Waals surface area contributed by atoms with Crippen molar-refractivity contribution in [3.8, 4) is 11.8 Å². The number of halogens is 3. The normalized spacial score (nSPS) is 20.4. The van der Waals surface area contributed by atoms with Gasteiger partial charge in [-0.1, -0.05) is 13.0 Å². The van der Waals surface area contributed by atoms with E-state index in [4.69, 9.17) is 19.9 Å². The first-order chi connectivity index (χ1) is 14.2. The molecule has 2 atom stereocenters. The van der Waals surface area contributed by atoms with Crippen molar-refractivity contribution in [3.63, 3.8) is 0 Å². The SMILES string of the molecule is CCCOc1ccc2c(c1)CN[C@H](C(=O)N1CCC[C@H]1C#N)C2.O=C(O)C(F)(F)F. The number of amides is 1. The van der Waals surface area contributed by atoms with Crippen LogP contribution >= 0.6 is 0 Å². The van der Waals surface area contributed by atoms with E-state index in [1.54, 1.807) is 4.90 Å². The molecule has 164 valence electrons. The van der Waals surface area contributed by atoms with Gasteiger partial charge in [-0.3, -0.25) is 4.79 Å². The number of ether oxygens (including phenoxy) is 1. The Morgan fingerprint density at radius 1 is 1.37 bits per heavy atom. The van der Waals surface area contributed by atoms with Gasteiger partial charge in [0, 0.05) is 13.1 Å². The Morgan fingerprint density at radius 3 is 2.67 bits per heavy atom. The van der Waals surface area contributed by atoms with Gasteiger partial charge < -0.3 is 20.1 Å². The number of carbonyl (C=O) groups excluding carboxylic acids is 1. The van der Waals surface area contributed by atoms with Crippen LogP contribution in [0, 0.1) is 11.3 Å². The second-order valence-corrected chi connectivity index (χ2v) is 7.04. The van der Waals surface area contributed by atoms with E-state index >= 15 is 0 Å². The van der Waals surface area contributed by atoms with Crippen LogP contribution in [0.4, 0.5) is 13.2 Å².